The van der Waals surface area contributed by atoms with Gasteiger partial charge in [0.1, 0.15) is 0 Å². The molecule has 1 aromatic carbocycles. The van der Waals surface area contributed by atoms with E-state index < -0.39 is 0 Å². The van der Waals surface area contributed by atoms with E-state index >= 15 is 0 Å². The first kappa shape index (κ1) is 11.2. The second-order valence-electron chi connectivity index (χ2n) is 2.93. The summed E-state index contributed by atoms with van der Waals surface area (Å²) in [6.07, 6.45) is 3.26. The summed E-state index contributed by atoms with van der Waals surface area (Å²) in [5, 5.41) is 0. The molecule has 0 fully saturated rings. The number of rotatable bonds is 4. The average molecular weight is 202 g/mol. The molecule has 0 radical (unpaired) electrons. The molecule has 2 heteroatoms. The molecule has 0 unspecified atom stereocenters. The molecular weight excluding hydrogens is 188 g/mol. The van der Waals surface area contributed by atoms with E-state index in [1.807, 2.05) is 30.3 Å². The summed E-state index contributed by atoms with van der Waals surface area (Å²) in [4.78, 5) is 11.4. The van der Waals surface area contributed by atoms with Crippen LogP contribution in [0.1, 0.15) is 12.5 Å². The second kappa shape index (κ2) is 5.81. The summed E-state index contributed by atoms with van der Waals surface area (Å²) in [6.45, 7) is 5.74. The quantitative estimate of drug-likeness (QED) is 0.426. The minimum atomic E-state index is -0.337. The highest BCUT2D eigenvalue weighted by molar-refractivity contribution is 5.96. The third-order valence-electron chi connectivity index (χ3n) is 1.85. The molecular formula is C13H14O2. The highest BCUT2D eigenvalue weighted by Gasteiger charge is 2.05. The second-order valence-corrected chi connectivity index (χ2v) is 2.93. The van der Waals surface area contributed by atoms with Crippen LogP contribution in [0.25, 0.3) is 6.08 Å². The smallest absolute Gasteiger partial charge is 0.338 e. The lowest BCUT2D eigenvalue weighted by atomic mass is 10.1. The molecule has 0 amide bonds. The third-order valence-corrected chi connectivity index (χ3v) is 1.85. The standard InChI is InChI=1S/C13H14O2/c1-3-12(13(14)15-4-2)10-11-8-6-5-7-9-11/h3,5-10H,1,4H2,2H3/b12-10+. The van der Waals surface area contributed by atoms with Gasteiger partial charge < -0.3 is 4.74 Å². The SMILES string of the molecule is C=C/C(=C\c1ccccc1)C(=O)OCC. The summed E-state index contributed by atoms with van der Waals surface area (Å²) in [6, 6.07) is 9.59. The van der Waals surface area contributed by atoms with Gasteiger partial charge >= 0.3 is 5.97 Å². The number of carbonyl (C=O) groups excluding carboxylic acids is 1. The summed E-state index contributed by atoms with van der Waals surface area (Å²) in [5.41, 5.74) is 1.43. The molecule has 1 rings (SSSR count). The fourth-order valence-electron chi connectivity index (χ4n) is 1.14. The number of hydrogen-bond donors (Lipinski definition) is 0. The molecule has 0 bridgehead atoms. The van der Waals surface area contributed by atoms with E-state index in [1.165, 1.54) is 6.08 Å². The summed E-state index contributed by atoms with van der Waals surface area (Å²) in [7, 11) is 0. The van der Waals surface area contributed by atoms with E-state index in [0.717, 1.165) is 5.56 Å². The Morgan fingerprint density at radius 2 is 2.07 bits per heavy atom. The number of ether oxygens (including phenoxy) is 1. The summed E-state index contributed by atoms with van der Waals surface area (Å²) >= 11 is 0. The minimum absolute atomic E-state index is 0.337. The molecule has 0 N–H and O–H groups in total. The Morgan fingerprint density at radius 1 is 1.40 bits per heavy atom. The summed E-state index contributed by atoms with van der Waals surface area (Å²) in [5.74, 6) is -0.337. The van der Waals surface area contributed by atoms with Crippen LogP contribution in [-0.4, -0.2) is 12.6 Å². The maximum atomic E-state index is 11.4. The van der Waals surface area contributed by atoms with Crippen molar-refractivity contribution in [1.82, 2.24) is 0 Å². The van der Waals surface area contributed by atoms with Crippen LogP contribution in [0, 0.1) is 0 Å². The van der Waals surface area contributed by atoms with E-state index in [2.05, 4.69) is 6.58 Å². The van der Waals surface area contributed by atoms with Crippen LogP contribution < -0.4 is 0 Å². The van der Waals surface area contributed by atoms with Gasteiger partial charge in [0.15, 0.2) is 0 Å². The van der Waals surface area contributed by atoms with Crippen molar-refractivity contribution in [2.75, 3.05) is 6.61 Å². The highest BCUT2D eigenvalue weighted by atomic mass is 16.5. The van der Waals surface area contributed by atoms with Crippen molar-refractivity contribution in [2.24, 2.45) is 0 Å². The number of benzene rings is 1. The van der Waals surface area contributed by atoms with Gasteiger partial charge in [0.05, 0.1) is 12.2 Å². The largest absolute Gasteiger partial charge is 0.462 e. The first-order chi connectivity index (χ1) is 7.27. The van der Waals surface area contributed by atoms with Crippen molar-refractivity contribution in [3.8, 4) is 0 Å². The maximum Gasteiger partial charge on any atom is 0.338 e. The summed E-state index contributed by atoms with van der Waals surface area (Å²) < 4.78 is 4.89. The van der Waals surface area contributed by atoms with Crippen LogP contribution in [0.5, 0.6) is 0 Å². The van der Waals surface area contributed by atoms with Crippen LogP contribution in [0.2, 0.25) is 0 Å². The Morgan fingerprint density at radius 3 is 2.60 bits per heavy atom. The van der Waals surface area contributed by atoms with Gasteiger partial charge in [-0.2, -0.15) is 0 Å². The van der Waals surface area contributed by atoms with Crippen molar-refractivity contribution in [1.29, 1.82) is 0 Å². The fraction of sp³-hybridized carbons (Fsp3) is 0.154. The van der Waals surface area contributed by atoms with Gasteiger partial charge in [-0.1, -0.05) is 43.0 Å². The molecule has 0 aliphatic carbocycles. The normalized spacial score (nSPS) is 10.9. The van der Waals surface area contributed by atoms with Crippen molar-refractivity contribution in [2.45, 2.75) is 6.92 Å². The monoisotopic (exact) mass is 202 g/mol. The lowest BCUT2D eigenvalue weighted by molar-refractivity contribution is -0.138. The van der Waals surface area contributed by atoms with E-state index in [0.29, 0.717) is 12.2 Å². The minimum Gasteiger partial charge on any atom is -0.462 e. The van der Waals surface area contributed by atoms with Crippen molar-refractivity contribution in [3.63, 3.8) is 0 Å². The van der Waals surface area contributed by atoms with Gasteiger partial charge in [0.25, 0.3) is 0 Å². The van der Waals surface area contributed by atoms with Gasteiger partial charge in [0.2, 0.25) is 0 Å². The number of hydrogen-bond acceptors (Lipinski definition) is 2. The Hall–Kier alpha value is -1.83. The van der Waals surface area contributed by atoms with Crippen LogP contribution in [0.4, 0.5) is 0 Å². The van der Waals surface area contributed by atoms with Crippen molar-refractivity contribution >= 4 is 12.0 Å². The predicted octanol–water partition coefficient (Wildman–Crippen LogP) is 2.82. The Kier molecular flexibility index (Phi) is 4.35. The first-order valence-electron chi connectivity index (χ1n) is 4.84. The molecule has 2 nitrogen and oxygen atoms in total. The molecule has 0 heterocycles. The molecule has 78 valence electrons. The topological polar surface area (TPSA) is 26.3 Å². The van der Waals surface area contributed by atoms with E-state index in [9.17, 15) is 4.79 Å². The Balaban J connectivity index is 2.87. The van der Waals surface area contributed by atoms with E-state index in [1.54, 1.807) is 13.0 Å². The highest BCUT2D eigenvalue weighted by Crippen LogP contribution is 2.08. The molecule has 1 aromatic rings. The average Bonchev–Trinajstić information content (AvgIpc) is 2.27. The Labute approximate surface area is 89.9 Å². The molecule has 0 spiro atoms. The molecule has 0 aromatic heterocycles. The van der Waals surface area contributed by atoms with Gasteiger partial charge in [-0.05, 0) is 18.6 Å². The van der Waals surface area contributed by atoms with E-state index in [4.69, 9.17) is 4.74 Å². The number of carbonyl (C=O) groups is 1. The zero-order valence-corrected chi connectivity index (χ0v) is 8.77. The lowest BCUT2D eigenvalue weighted by Gasteiger charge is -2.01. The first-order valence-corrected chi connectivity index (χ1v) is 4.84. The Bertz CT molecular complexity index is 363. The van der Waals surface area contributed by atoms with Crippen LogP contribution >= 0.6 is 0 Å². The maximum absolute atomic E-state index is 11.4. The molecule has 0 atom stereocenters. The van der Waals surface area contributed by atoms with Crippen LogP contribution in [0.3, 0.4) is 0 Å². The molecule has 15 heavy (non-hydrogen) atoms. The van der Waals surface area contributed by atoms with Gasteiger partial charge in [0, 0.05) is 0 Å². The van der Waals surface area contributed by atoms with Gasteiger partial charge in [-0.3, -0.25) is 0 Å². The van der Waals surface area contributed by atoms with Crippen LogP contribution in [0.15, 0.2) is 48.6 Å². The predicted molar refractivity (Wildman–Crippen MR) is 61.2 cm³/mol. The zero-order valence-electron chi connectivity index (χ0n) is 8.77. The van der Waals surface area contributed by atoms with E-state index in [-0.39, 0.29) is 5.97 Å². The lowest BCUT2D eigenvalue weighted by Crippen LogP contribution is -2.05. The third kappa shape index (κ3) is 3.43. The fourth-order valence-corrected chi connectivity index (χ4v) is 1.14. The molecule has 0 aliphatic heterocycles. The number of esters is 1. The molecule has 0 saturated carbocycles. The van der Waals surface area contributed by atoms with Gasteiger partial charge in [-0.25, -0.2) is 4.79 Å². The van der Waals surface area contributed by atoms with Crippen molar-refractivity contribution < 1.29 is 9.53 Å². The molecule has 0 aliphatic rings. The van der Waals surface area contributed by atoms with Gasteiger partial charge in [-0.15, -0.1) is 0 Å². The zero-order chi connectivity index (χ0) is 11.1. The molecule has 0 saturated heterocycles. The van der Waals surface area contributed by atoms with Crippen LogP contribution in [-0.2, 0) is 9.53 Å². The van der Waals surface area contributed by atoms with Crippen molar-refractivity contribution in [3.05, 3.63) is 54.1 Å².